The number of aryl methyl sites for hydroxylation is 1. The number of carbonyl (C=O) groups is 1. The van der Waals surface area contributed by atoms with Gasteiger partial charge in [0.2, 0.25) is 5.91 Å². The lowest BCUT2D eigenvalue weighted by Crippen LogP contribution is -2.39. The number of amides is 1. The van der Waals surface area contributed by atoms with Crippen molar-refractivity contribution in [2.24, 2.45) is 0 Å². The van der Waals surface area contributed by atoms with Crippen molar-refractivity contribution in [3.8, 4) is 11.3 Å². The van der Waals surface area contributed by atoms with Gasteiger partial charge in [-0.3, -0.25) is 9.78 Å². The molecule has 5 heteroatoms. The second-order valence-corrected chi connectivity index (χ2v) is 8.20. The molecule has 1 saturated heterocycles. The van der Waals surface area contributed by atoms with E-state index in [9.17, 15) is 9.90 Å². The lowest BCUT2D eigenvalue weighted by atomic mass is 9.94. The number of likely N-dealkylation sites (tertiary alicyclic amines) is 1. The first-order chi connectivity index (χ1) is 15.2. The van der Waals surface area contributed by atoms with Crippen LogP contribution >= 0.6 is 0 Å². The van der Waals surface area contributed by atoms with Crippen LogP contribution in [0, 0.1) is 0 Å². The summed E-state index contributed by atoms with van der Waals surface area (Å²) in [6.45, 7) is 1.57. The summed E-state index contributed by atoms with van der Waals surface area (Å²) in [6, 6.07) is 18.1. The molecule has 1 amide bonds. The van der Waals surface area contributed by atoms with Gasteiger partial charge in [0.05, 0.1) is 24.2 Å². The Morgan fingerprint density at radius 2 is 1.84 bits per heavy atom. The van der Waals surface area contributed by atoms with E-state index in [0.29, 0.717) is 13.0 Å². The number of hydrogen-bond acceptors (Lipinski definition) is 4. The average Bonchev–Trinajstić information content (AvgIpc) is 2.85. The topological polar surface area (TPSA) is 66.3 Å². The van der Waals surface area contributed by atoms with Gasteiger partial charge in [0.15, 0.2) is 0 Å². The molecular formula is C26H29N3O2. The van der Waals surface area contributed by atoms with Crippen molar-refractivity contribution in [3.63, 3.8) is 0 Å². The Balaban J connectivity index is 1.37. The van der Waals surface area contributed by atoms with Gasteiger partial charge < -0.3 is 10.0 Å². The first-order valence-corrected chi connectivity index (χ1v) is 11.1. The lowest BCUT2D eigenvalue weighted by molar-refractivity contribution is -0.132. The molecule has 31 heavy (non-hydrogen) atoms. The van der Waals surface area contributed by atoms with Gasteiger partial charge in [0.25, 0.3) is 0 Å². The molecule has 0 saturated carbocycles. The van der Waals surface area contributed by atoms with E-state index in [1.807, 2.05) is 53.6 Å². The fourth-order valence-electron chi connectivity index (χ4n) is 4.19. The summed E-state index contributed by atoms with van der Waals surface area (Å²) in [5.74, 6) is 0.459. The highest BCUT2D eigenvalue weighted by Gasteiger charge is 2.25. The summed E-state index contributed by atoms with van der Waals surface area (Å²) >= 11 is 0. The lowest BCUT2D eigenvalue weighted by Gasteiger charge is -2.32. The Hall–Kier alpha value is -3.05. The smallest absolute Gasteiger partial charge is 0.222 e. The minimum atomic E-state index is 0.0310. The van der Waals surface area contributed by atoms with E-state index in [2.05, 4.69) is 17.1 Å². The minimum absolute atomic E-state index is 0.0310. The fourth-order valence-corrected chi connectivity index (χ4v) is 4.19. The monoisotopic (exact) mass is 415 g/mol. The molecule has 4 rings (SSSR count). The van der Waals surface area contributed by atoms with Crippen molar-refractivity contribution in [1.82, 2.24) is 14.9 Å². The van der Waals surface area contributed by atoms with Crippen molar-refractivity contribution >= 4 is 5.91 Å². The highest BCUT2D eigenvalue weighted by Crippen LogP contribution is 2.27. The van der Waals surface area contributed by atoms with E-state index in [1.54, 1.807) is 6.20 Å². The van der Waals surface area contributed by atoms with Crippen molar-refractivity contribution in [2.45, 2.75) is 44.6 Å². The molecule has 1 aliphatic rings. The summed E-state index contributed by atoms with van der Waals surface area (Å²) < 4.78 is 0. The van der Waals surface area contributed by atoms with Gasteiger partial charge in [-0.1, -0.05) is 54.6 Å². The molecule has 160 valence electrons. The number of benzene rings is 2. The molecular weight excluding hydrogens is 386 g/mol. The molecule has 0 aliphatic carbocycles. The second kappa shape index (κ2) is 10.3. The molecule has 3 aromatic rings. The van der Waals surface area contributed by atoms with Gasteiger partial charge >= 0.3 is 0 Å². The summed E-state index contributed by atoms with van der Waals surface area (Å²) in [5.41, 5.74) is 4.92. The van der Waals surface area contributed by atoms with E-state index in [4.69, 9.17) is 4.98 Å². The highest BCUT2D eigenvalue weighted by molar-refractivity contribution is 5.76. The molecule has 5 nitrogen and oxygen atoms in total. The van der Waals surface area contributed by atoms with Crippen molar-refractivity contribution in [2.75, 3.05) is 13.1 Å². The largest absolute Gasteiger partial charge is 0.392 e. The molecule has 2 aromatic carbocycles. The Morgan fingerprint density at radius 1 is 1.03 bits per heavy atom. The average molecular weight is 416 g/mol. The van der Waals surface area contributed by atoms with Gasteiger partial charge in [-0.15, -0.1) is 0 Å². The van der Waals surface area contributed by atoms with Crippen LogP contribution < -0.4 is 0 Å². The van der Waals surface area contributed by atoms with Crippen molar-refractivity contribution in [3.05, 3.63) is 83.8 Å². The maximum Gasteiger partial charge on any atom is 0.222 e. The van der Waals surface area contributed by atoms with Gasteiger partial charge in [-0.05, 0) is 36.8 Å². The molecule has 0 bridgehead atoms. The Kier molecular flexibility index (Phi) is 7.05. The molecule has 0 radical (unpaired) electrons. The third kappa shape index (κ3) is 5.56. The van der Waals surface area contributed by atoms with Crippen LogP contribution in [0.15, 0.2) is 67.0 Å². The number of nitrogens with zero attached hydrogens (tertiary/aromatic N) is 3. The number of carbonyl (C=O) groups excluding carboxylic acids is 1. The molecule has 0 unspecified atom stereocenters. The first kappa shape index (κ1) is 21.2. The van der Waals surface area contributed by atoms with Crippen LogP contribution in [0.2, 0.25) is 0 Å². The number of aromatic nitrogens is 2. The van der Waals surface area contributed by atoms with Gasteiger partial charge in [-0.2, -0.15) is 0 Å². The van der Waals surface area contributed by atoms with Crippen LogP contribution in [0.3, 0.4) is 0 Å². The standard InChI is InChI=1S/C26H29N3O2/c30-19-21-11-13-22(14-12-21)24-16-27-17-25(28-24)23-9-5-15-29(18-23)26(31)10-4-8-20-6-2-1-3-7-20/h1-3,6-7,11-14,16-17,23,30H,4-5,8-10,15,18-19H2/t23-/m0/s1. The van der Waals surface area contributed by atoms with Crippen LogP contribution in [0.5, 0.6) is 0 Å². The van der Waals surface area contributed by atoms with E-state index >= 15 is 0 Å². The molecule has 2 heterocycles. The number of piperidine rings is 1. The molecule has 1 N–H and O–H groups in total. The highest BCUT2D eigenvalue weighted by atomic mass is 16.3. The second-order valence-electron chi connectivity index (χ2n) is 8.20. The van der Waals surface area contributed by atoms with Crippen molar-refractivity contribution < 1.29 is 9.90 Å². The summed E-state index contributed by atoms with van der Waals surface area (Å²) in [4.78, 5) is 24.1. The molecule has 1 aliphatic heterocycles. The van der Waals surface area contributed by atoms with E-state index in [-0.39, 0.29) is 18.4 Å². The Bertz CT molecular complexity index is 989. The van der Waals surface area contributed by atoms with Crippen LogP contribution in [0.4, 0.5) is 0 Å². The maximum absolute atomic E-state index is 12.8. The van der Waals surface area contributed by atoms with Crippen LogP contribution in [-0.2, 0) is 17.8 Å². The minimum Gasteiger partial charge on any atom is -0.392 e. The predicted octanol–water partition coefficient (Wildman–Crippen LogP) is 4.36. The fraction of sp³-hybridized carbons (Fsp3) is 0.346. The SMILES string of the molecule is O=C(CCCc1ccccc1)N1CCC[C@H](c2cncc(-c3ccc(CO)cc3)n2)C1. The number of rotatable bonds is 7. The molecule has 1 fully saturated rings. The Morgan fingerprint density at radius 3 is 2.61 bits per heavy atom. The van der Waals surface area contributed by atoms with E-state index in [0.717, 1.165) is 54.7 Å². The molecule has 0 spiro atoms. The predicted molar refractivity (Wildman–Crippen MR) is 121 cm³/mol. The molecule has 1 atom stereocenters. The van der Waals surface area contributed by atoms with Crippen LogP contribution in [-0.4, -0.2) is 39.0 Å². The third-order valence-corrected chi connectivity index (χ3v) is 5.98. The van der Waals surface area contributed by atoms with Gasteiger partial charge in [-0.25, -0.2) is 4.98 Å². The van der Waals surface area contributed by atoms with Gasteiger partial charge in [0, 0.05) is 37.2 Å². The van der Waals surface area contributed by atoms with E-state index < -0.39 is 0 Å². The Labute approximate surface area is 183 Å². The summed E-state index contributed by atoms with van der Waals surface area (Å²) in [6.07, 6.45) is 8.02. The summed E-state index contributed by atoms with van der Waals surface area (Å²) in [7, 11) is 0. The van der Waals surface area contributed by atoms with E-state index in [1.165, 1.54) is 5.56 Å². The van der Waals surface area contributed by atoms with Gasteiger partial charge in [0.1, 0.15) is 0 Å². The quantitative estimate of drug-likeness (QED) is 0.622. The maximum atomic E-state index is 12.8. The number of aliphatic hydroxyl groups excluding tert-OH is 1. The normalized spacial score (nSPS) is 16.3. The van der Waals surface area contributed by atoms with Crippen molar-refractivity contribution in [1.29, 1.82) is 0 Å². The molecule has 1 aromatic heterocycles. The zero-order valence-electron chi connectivity index (χ0n) is 17.8. The third-order valence-electron chi connectivity index (χ3n) is 5.98. The first-order valence-electron chi connectivity index (χ1n) is 11.1. The van der Waals surface area contributed by atoms with Crippen LogP contribution in [0.25, 0.3) is 11.3 Å². The van der Waals surface area contributed by atoms with Crippen LogP contribution in [0.1, 0.15) is 48.4 Å². The summed E-state index contributed by atoms with van der Waals surface area (Å²) in [5, 5.41) is 9.23. The number of aliphatic hydroxyl groups is 1. The number of hydrogen-bond donors (Lipinski definition) is 1. The zero-order chi connectivity index (χ0) is 21.5. The zero-order valence-corrected chi connectivity index (χ0v) is 17.8.